The lowest BCUT2D eigenvalue weighted by molar-refractivity contribution is 0.0981. The summed E-state index contributed by atoms with van der Waals surface area (Å²) < 4.78 is 8.13. The largest absolute Gasteiger partial charge is 0.376 e. The first-order chi connectivity index (χ1) is 14.6. The maximum atomic E-state index is 6.57. The summed E-state index contributed by atoms with van der Waals surface area (Å²) in [6.07, 6.45) is 2.32. The number of hydrogen-bond acceptors (Lipinski definition) is 6. The summed E-state index contributed by atoms with van der Waals surface area (Å²) in [5.74, 6) is 2.52. The standard InChI is InChI=1S/C22H27ClN6O.ClH/c1-15-24-21(28-11-9-27(2)10-12-28)19-22(25-15)29(14-16-6-5-13-30-16)20(26-19)17-7-3-4-8-18(17)23;/h3-4,7-8,16H,5-6,9-14H2,1-2H3;1H/t16-;/m1./s1. The molecule has 166 valence electrons. The van der Waals surface area contributed by atoms with Crippen molar-refractivity contribution in [2.75, 3.05) is 44.7 Å². The van der Waals surface area contributed by atoms with Gasteiger partial charge in [-0.15, -0.1) is 12.4 Å². The van der Waals surface area contributed by atoms with Gasteiger partial charge in [-0.2, -0.15) is 0 Å². The molecule has 0 saturated carbocycles. The number of likely N-dealkylation sites (N-methyl/N-ethyl adjacent to an activating group) is 1. The third-order valence-corrected chi connectivity index (χ3v) is 6.35. The first-order valence-corrected chi connectivity index (χ1v) is 11.0. The van der Waals surface area contributed by atoms with E-state index in [-0.39, 0.29) is 18.5 Å². The highest BCUT2D eigenvalue weighted by Gasteiger charge is 2.26. The van der Waals surface area contributed by atoms with Crippen molar-refractivity contribution in [1.29, 1.82) is 0 Å². The maximum Gasteiger partial charge on any atom is 0.166 e. The van der Waals surface area contributed by atoms with Gasteiger partial charge in [0.1, 0.15) is 11.6 Å². The fourth-order valence-electron chi connectivity index (χ4n) is 4.34. The average Bonchev–Trinajstić information content (AvgIpc) is 3.37. The van der Waals surface area contributed by atoms with Crippen LogP contribution in [0.4, 0.5) is 5.82 Å². The van der Waals surface area contributed by atoms with Crippen molar-refractivity contribution < 1.29 is 4.74 Å². The topological polar surface area (TPSA) is 59.3 Å². The highest BCUT2D eigenvalue weighted by atomic mass is 35.5. The molecule has 2 fully saturated rings. The molecule has 2 aromatic heterocycles. The minimum Gasteiger partial charge on any atom is -0.376 e. The first kappa shape index (κ1) is 22.3. The molecular formula is C22H28Cl2N6O. The third kappa shape index (κ3) is 4.37. The van der Waals surface area contributed by atoms with Crippen molar-refractivity contribution in [3.8, 4) is 11.4 Å². The zero-order chi connectivity index (χ0) is 20.7. The van der Waals surface area contributed by atoms with Gasteiger partial charge in [-0.3, -0.25) is 0 Å². The lowest BCUT2D eigenvalue weighted by Crippen LogP contribution is -2.45. The molecule has 0 N–H and O–H groups in total. The van der Waals surface area contributed by atoms with Gasteiger partial charge in [-0.05, 0) is 38.9 Å². The van der Waals surface area contributed by atoms with Gasteiger partial charge in [-0.25, -0.2) is 15.0 Å². The van der Waals surface area contributed by atoms with Crippen molar-refractivity contribution in [1.82, 2.24) is 24.4 Å². The minimum absolute atomic E-state index is 0. The van der Waals surface area contributed by atoms with Crippen molar-refractivity contribution >= 4 is 41.0 Å². The van der Waals surface area contributed by atoms with Gasteiger partial charge in [0, 0.05) is 38.3 Å². The Morgan fingerprint density at radius 2 is 1.87 bits per heavy atom. The number of fused-ring (bicyclic) bond motifs is 1. The molecule has 0 amide bonds. The van der Waals surface area contributed by atoms with Crippen LogP contribution in [0.1, 0.15) is 18.7 Å². The van der Waals surface area contributed by atoms with Crippen LogP contribution in [0.2, 0.25) is 5.02 Å². The molecular weight excluding hydrogens is 435 g/mol. The number of imidazole rings is 1. The van der Waals surface area contributed by atoms with Crippen molar-refractivity contribution in [2.24, 2.45) is 0 Å². The summed E-state index contributed by atoms with van der Waals surface area (Å²) in [7, 11) is 2.16. The minimum atomic E-state index is 0. The summed E-state index contributed by atoms with van der Waals surface area (Å²) in [4.78, 5) is 19.4. The number of benzene rings is 1. The van der Waals surface area contributed by atoms with E-state index in [1.54, 1.807) is 0 Å². The van der Waals surface area contributed by atoms with E-state index in [1.165, 1.54) is 0 Å². The Hall–Kier alpha value is -1.93. The SMILES string of the molecule is Cc1nc(N2CCN(C)CC2)c2nc(-c3ccccc3Cl)n(C[C@H]3CCCO3)c2n1.Cl. The van der Waals surface area contributed by atoms with E-state index in [0.717, 1.165) is 86.4 Å². The lowest BCUT2D eigenvalue weighted by atomic mass is 10.2. The van der Waals surface area contributed by atoms with E-state index >= 15 is 0 Å². The molecule has 7 nitrogen and oxygen atoms in total. The number of ether oxygens (including phenoxy) is 1. The van der Waals surface area contributed by atoms with E-state index in [4.69, 9.17) is 31.3 Å². The molecule has 2 aliphatic rings. The van der Waals surface area contributed by atoms with Crippen LogP contribution in [0.15, 0.2) is 24.3 Å². The predicted molar refractivity (Wildman–Crippen MR) is 126 cm³/mol. The van der Waals surface area contributed by atoms with Gasteiger partial charge in [0.25, 0.3) is 0 Å². The fourth-order valence-corrected chi connectivity index (χ4v) is 4.56. The molecule has 2 aliphatic heterocycles. The van der Waals surface area contributed by atoms with E-state index < -0.39 is 0 Å². The molecule has 0 radical (unpaired) electrons. The number of piperazine rings is 1. The zero-order valence-electron chi connectivity index (χ0n) is 17.9. The Morgan fingerprint density at radius 3 is 2.58 bits per heavy atom. The first-order valence-electron chi connectivity index (χ1n) is 10.6. The number of halogens is 2. The average molecular weight is 463 g/mol. The Bertz CT molecular complexity index is 1060. The molecule has 5 rings (SSSR count). The third-order valence-electron chi connectivity index (χ3n) is 6.02. The zero-order valence-corrected chi connectivity index (χ0v) is 19.5. The normalized spacial score (nSPS) is 19.7. The van der Waals surface area contributed by atoms with Gasteiger partial charge in [0.15, 0.2) is 17.0 Å². The summed E-state index contributed by atoms with van der Waals surface area (Å²) in [6, 6.07) is 7.87. The van der Waals surface area contributed by atoms with Crippen LogP contribution in [0.25, 0.3) is 22.6 Å². The van der Waals surface area contributed by atoms with Crippen LogP contribution in [-0.2, 0) is 11.3 Å². The van der Waals surface area contributed by atoms with Crippen LogP contribution >= 0.6 is 24.0 Å². The molecule has 9 heteroatoms. The van der Waals surface area contributed by atoms with Crippen LogP contribution < -0.4 is 4.90 Å². The van der Waals surface area contributed by atoms with Gasteiger partial charge < -0.3 is 19.1 Å². The highest BCUT2D eigenvalue weighted by Crippen LogP contribution is 2.34. The van der Waals surface area contributed by atoms with Crippen molar-refractivity contribution in [3.05, 3.63) is 35.1 Å². The monoisotopic (exact) mass is 462 g/mol. The lowest BCUT2D eigenvalue weighted by Gasteiger charge is -2.33. The van der Waals surface area contributed by atoms with E-state index in [1.807, 2.05) is 31.2 Å². The molecule has 0 bridgehead atoms. The highest BCUT2D eigenvalue weighted by molar-refractivity contribution is 6.33. The predicted octanol–water partition coefficient (Wildman–Crippen LogP) is 3.81. The summed E-state index contributed by atoms with van der Waals surface area (Å²) >= 11 is 6.57. The Balaban J connectivity index is 0.00000231. The maximum absolute atomic E-state index is 6.57. The smallest absolute Gasteiger partial charge is 0.166 e. The van der Waals surface area contributed by atoms with E-state index in [2.05, 4.69) is 21.4 Å². The fraction of sp³-hybridized carbons (Fsp3) is 0.500. The molecule has 1 aromatic carbocycles. The van der Waals surface area contributed by atoms with Gasteiger partial charge >= 0.3 is 0 Å². The Morgan fingerprint density at radius 1 is 1.10 bits per heavy atom. The molecule has 0 spiro atoms. The van der Waals surface area contributed by atoms with Gasteiger partial charge in [0.2, 0.25) is 0 Å². The number of aromatic nitrogens is 4. The second-order valence-corrected chi connectivity index (χ2v) is 8.63. The van der Waals surface area contributed by atoms with Crippen LogP contribution in [0.5, 0.6) is 0 Å². The molecule has 4 heterocycles. The van der Waals surface area contributed by atoms with E-state index in [9.17, 15) is 0 Å². The van der Waals surface area contributed by atoms with Crippen LogP contribution in [0, 0.1) is 6.92 Å². The molecule has 3 aromatic rings. The number of anilines is 1. The number of hydrogen-bond donors (Lipinski definition) is 0. The number of aryl methyl sites for hydroxylation is 1. The second kappa shape index (κ2) is 9.28. The van der Waals surface area contributed by atoms with Crippen molar-refractivity contribution in [2.45, 2.75) is 32.4 Å². The molecule has 31 heavy (non-hydrogen) atoms. The number of rotatable bonds is 4. The molecule has 0 aliphatic carbocycles. The molecule has 2 saturated heterocycles. The quantitative estimate of drug-likeness (QED) is 0.587. The van der Waals surface area contributed by atoms with Crippen molar-refractivity contribution in [3.63, 3.8) is 0 Å². The van der Waals surface area contributed by atoms with E-state index in [0.29, 0.717) is 5.02 Å². The van der Waals surface area contributed by atoms with Crippen LogP contribution in [-0.4, -0.2) is 70.4 Å². The molecule has 1 atom stereocenters. The summed E-state index contributed by atoms with van der Waals surface area (Å²) in [5, 5.41) is 0.687. The summed E-state index contributed by atoms with van der Waals surface area (Å²) in [6.45, 7) is 7.38. The van der Waals surface area contributed by atoms with Gasteiger partial charge in [-0.1, -0.05) is 23.7 Å². The van der Waals surface area contributed by atoms with Crippen LogP contribution in [0.3, 0.4) is 0 Å². The Labute approximate surface area is 193 Å². The second-order valence-electron chi connectivity index (χ2n) is 8.22. The Kier molecular flexibility index (Phi) is 6.67. The number of nitrogens with zero attached hydrogens (tertiary/aromatic N) is 6. The summed E-state index contributed by atoms with van der Waals surface area (Å²) in [5.41, 5.74) is 2.62. The van der Waals surface area contributed by atoms with Gasteiger partial charge in [0.05, 0.1) is 17.7 Å². The molecule has 0 unspecified atom stereocenters.